The van der Waals surface area contributed by atoms with Gasteiger partial charge in [0.1, 0.15) is 5.75 Å². The van der Waals surface area contributed by atoms with Gasteiger partial charge in [0.15, 0.2) is 0 Å². The van der Waals surface area contributed by atoms with E-state index in [1.807, 2.05) is 0 Å². The number of amides is 1. The van der Waals surface area contributed by atoms with Crippen LogP contribution in [0.1, 0.15) is 24.5 Å². The molecule has 1 atom stereocenters. The van der Waals surface area contributed by atoms with E-state index in [-0.39, 0.29) is 12.5 Å². The largest absolute Gasteiger partial charge is 0.497 e. The van der Waals surface area contributed by atoms with Crippen molar-refractivity contribution < 1.29 is 14.6 Å². The number of ether oxygens (including phenoxy) is 1. The topological polar surface area (TPSA) is 58.6 Å². The lowest BCUT2D eigenvalue weighted by molar-refractivity contribution is -0.121. The number of aliphatic hydroxyl groups excluding tert-OH is 1. The maximum absolute atomic E-state index is 11.3. The number of hydrogen-bond donors (Lipinski definition) is 2. The van der Waals surface area contributed by atoms with Crippen LogP contribution in [0.25, 0.3) is 0 Å². The standard InChI is InChI=1S/C13H18ClNO3/c1-18-11-6-4-10(5-7-11)12(16)9-15-13(17)3-2-8-14/h4-7,12,16H,2-3,8-9H2,1H3,(H,15,17). The number of aliphatic hydroxyl groups is 1. The number of carbonyl (C=O) groups is 1. The number of halogens is 1. The van der Waals surface area contributed by atoms with E-state index < -0.39 is 6.10 Å². The Morgan fingerprint density at radius 3 is 2.67 bits per heavy atom. The second kappa shape index (κ2) is 7.95. The molecule has 1 amide bonds. The molecule has 0 bridgehead atoms. The summed E-state index contributed by atoms with van der Waals surface area (Å²) in [6.07, 6.45) is 0.320. The average Bonchev–Trinajstić information content (AvgIpc) is 2.42. The van der Waals surface area contributed by atoms with Crippen LogP contribution in [0, 0.1) is 0 Å². The molecule has 1 rings (SSSR count). The molecule has 0 aliphatic rings. The molecule has 2 N–H and O–H groups in total. The number of methoxy groups -OCH3 is 1. The van der Waals surface area contributed by atoms with E-state index in [1.54, 1.807) is 31.4 Å². The number of alkyl halides is 1. The Bertz CT molecular complexity index is 367. The molecule has 0 saturated carbocycles. The molecule has 0 spiro atoms. The lowest BCUT2D eigenvalue weighted by Crippen LogP contribution is -2.28. The number of carbonyl (C=O) groups excluding carboxylic acids is 1. The predicted octanol–water partition coefficient (Wildman–Crippen LogP) is 1.86. The molecule has 0 radical (unpaired) electrons. The highest BCUT2D eigenvalue weighted by molar-refractivity contribution is 6.17. The summed E-state index contributed by atoms with van der Waals surface area (Å²) in [4.78, 5) is 11.3. The van der Waals surface area contributed by atoms with E-state index in [0.29, 0.717) is 18.7 Å². The molecule has 0 saturated heterocycles. The van der Waals surface area contributed by atoms with Crippen LogP contribution >= 0.6 is 11.6 Å². The van der Waals surface area contributed by atoms with Crippen LogP contribution in [-0.2, 0) is 4.79 Å². The van der Waals surface area contributed by atoms with Crippen molar-refractivity contribution in [2.45, 2.75) is 18.9 Å². The molecule has 100 valence electrons. The minimum atomic E-state index is -0.712. The van der Waals surface area contributed by atoms with Gasteiger partial charge in [0, 0.05) is 18.8 Å². The summed E-state index contributed by atoms with van der Waals surface area (Å²) in [5.41, 5.74) is 0.744. The number of hydrogen-bond acceptors (Lipinski definition) is 3. The van der Waals surface area contributed by atoms with Gasteiger partial charge in [0.2, 0.25) is 5.91 Å². The lowest BCUT2D eigenvalue weighted by atomic mass is 10.1. The summed E-state index contributed by atoms with van der Waals surface area (Å²) in [6.45, 7) is 0.202. The highest BCUT2D eigenvalue weighted by atomic mass is 35.5. The average molecular weight is 272 g/mol. The minimum absolute atomic E-state index is 0.0942. The third-order valence-corrected chi connectivity index (χ3v) is 2.80. The van der Waals surface area contributed by atoms with Crippen molar-refractivity contribution in [1.29, 1.82) is 0 Å². The quantitative estimate of drug-likeness (QED) is 0.745. The van der Waals surface area contributed by atoms with Gasteiger partial charge in [-0.15, -0.1) is 11.6 Å². The van der Waals surface area contributed by atoms with E-state index in [2.05, 4.69) is 5.32 Å². The smallest absolute Gasteiger partial charge is 0.220 e. The monoisotopic (exact) mass is 271 g/mol. The Labute approximate surface area is 112 Å². The predicted molar refractivity (Wildman–Crippen MR) is 70.9 cm³/mol. The van der Waals surface area contributed by atoms with Crippen LogP contribution in [0.3, 0.4) is 0 Å². The second-order valence-corrected chi connectivity index (χ2v) is 4.26. The number of rotatable bonds is 7. The Morgan fingerprint density at radius 2 is 2.11 bits per heavy atom. The molecule has 0 fully saturated rings. The fraction of sp³-hybridized carbons (Fsp3) is 0.462. The van der Waals surface area contributed by atoms with Crippen LogP contribution in [0.15, 0.2) is 24.3 Å². The minimum Gasteiger partial charge on any atom is -0.497 e. The Balaban J connectivity index is 2.39. The maximum atomic E-state index is 11.3. The SMILES string of the molecule is COc1ccc(C(O)CNC(=O)CCCCl)cc1. The van der Waals surface area contributed by atoms with Crippen molar-refractivity contribution >= 4 is 17.5 Å². The van der Waals surface area contributed by atoms with E-state index in [4.69, 9.17) is 16.3 Å². The molecule has 0 aliphatic carbocycles. The van der Waals surface area contributed by atoms with Crippen LogP contribution < -0.4 is 10.1 Å². The van der Waals surface area contributed by atoms with Gasteiger partial charge in [-0.1, -0.05) is 12.1 Å². The summed E-state index contributed by atoms with van der Waals surface area (Å²) in [5, 5.41) is 12.5. The third-order valence-electron chi connectivity index (χ3n) is 2.53. The molecule has 1 unspecified atom stereocenters. The van der Waals surface area contributed by atoms with Crippen molar-refractivity contribution in [3.05, 3.63) is 29.8 Å². The molecule has 1 aromatic rings. The molecule has 5 heteroatoms. The fourth-order valence-corrected chi connectivity index (χ4v) is 1.60. The summed E-state index contributed by atoms with van der Waals surface area (Å²) < 4.78 is 5.03. The first-order chi connectivity index (χ1) is 8.67. The first-order valence-corrected chi connectivity index (χ1v) is 6.35. The van der Waals surface area contributed by atoms with Crippen LogP contribution in [0.4, 0.5) is 0 Å². The first kappa shape index (κ1) is 14.8. The van der Waals surface area contributed by atoms with Gasteiger partial charge in [-0.3, -0.25) is 4.79 Å². The van der Waals surface area contributed by atoms with Crippen LogP contribution in [-0.4, -0.2) is 30.5 Å². The van der Waals surface area contributed by atoms with Crippen molar-refractivity contribution in [2.75, 3.05) is 19.5 Å². The first-order valence-electron chi connectivity index (χ1n) is 5.82. The van der Waals surface area contributed by atoms with Crippen molar-refractivity contribution in [3.63, 3.8) is 0 Å². The molecule has 0 heterocycles. The van der Waals surface area contributed by atoms with Gasteiger partial charge >= 0.3 is 0 Å². The summed E-state index contributed by atoms with van der Waals surface area (Å²) >= 11 is 5.49. The zero-order chi connectivity index (χ0) is 13.4. The van der Waals surface area contributed by atoms with Gasteiger partial charge in [0.05, 0.1) is 13.2 Å². The van der Waals surface area contributed by atoms with Gasteiger partial charge in [-0.25, -0.2) is 0 Å². The highest BCUT2D eigenvalue weighted by Gasteiger charge is 2.09. The molecule has 0 aliphatic heterocycles. The Kier molecular flexibility index (Phi) is 6.54. The molecule has 18 heavy (non-hydrogen) atoms. The van der Waals surface area contributed by atoms with Gasteiger partial charge in [0.25, 0.3) is 0 Å². The molecule has 0 aromatic heterocycles. The van der Waals surface area contributed by atoms with Crippen LogP contribution in [0.2, 0.25) is 0 Å². The molecule has 4 nitrogen and oxygen atoms in total. The van der Waals surface area contributed by atoms with E-state index in [1.165, 1.54) is 0 Å². The molecular weight excluding hydrogens is 254 g/mol. The summed E-state index contributed by atoms with van der Waals surface area (Å²) in [6, 6.07) is 7.09. The Morgan fingerprint density at radius 1 is 1.44 bits per heavy atom. The maximum Gasteiger partial charge on any atom is 0.220 e. The van der Waals surface area contributed by atoms with Crippen molar-refractivity contribution in [2.24, 2.45) is 0 Å². The number of nitrogens with one attached hydrogen (secondary N) is 1. The Hall–Kier alpha value is -1.26. The van der Waals surface area contributed by atoms with E-state index >= 15 is 0 Å². The summed E-state index contributed by atoms with van der Waals surface area (Å²) in [5.74, 6) is 1.11. The summed E-state index contributed by atoms with van der Waals surface area (Å²) in [7, 11) is 1.59. The van der Waals surface area contributed by atoms with Crippen LogP contribution in [0.5, 0.6) is 5.75 Å². The molecular formula is C13H18ClNO3. The second-order valence-electron chi connectivity index (χ2n) is 3.89. The zero-order valence-electron chi connectivity index (χ0n) is 10.4. The van der Waals surface area contributed by atoms with E-state index in [9.17, 15) is 9.90 Å². The van der Waals surface area contributed by atoms with E-state index in [0.717, 1.165) is 11.3 Å². The van der Waals surface area contributed by atoms with Gasteiger partial charge < -0.3 is 15.2 Å². The fourth-order valence-electron chi connectivity index (χ4n) is 1.47. The van der Waals surface area contributed by atoms with Gasteiger partial charge in [-0.2, -0.15) is 0 Å². The van der Waals surface area contributed by atoms with Crippen molar-refractivity contribution in [3.8, 4) is 5.75 Å². The lowest BCUT2D eigenvalue weighted by Gasteiger charge is -2.12. The molecule has 1 aromatic carbocycles. The normalized spacial score (nSPS) is 11.9. The highest BCUT2D eigenvalue weighted by Crippen LogP contribution is 2.16. The zero-order valence-corrected chi connectivity index (χ0v) is 11.1. The number of benzene rings is 1. The third kappa shape index (κ3) is 4.94. The van der Waals surface area contributed by atoms with Gasteiger partial charge in [-0.05, 0) is 24.1 Å². The van der Waals surface area contributed by atoms with Crippen molar-refractivity contribution in [1.82, 2.24) is 5.32 Å².